The molecule has 12 heavy (non-hydrogen) atoms. The van der Waals surface area contributed by atoms with Crippen LogP contribution in [-0.2, 0) is 0 Å². The standard InChI is InChI=1S/C6H8N4O2/c1-4(7)6-8-2-5(3-9-6)10(11)12/h2-4H,7H2,1H3. The zero-order valence-electron chi connectivity index (χ0n) is 6.47. The number of hydrogen-bond acceptors (Lipinski definition) is 5. The van der Waals surface area contributed by atoms with Crippen molar-refractivity contribution in [1.82, 2.24) is 9.97 Å². The first-order valence-electron chi connectivity index (χ1n) is 3.33. The maximum absolute atomic E-state index is 10.2. The number of nitrogens with zero attached hydrogens (tertiary/aromatic N) is 3. The van der Waals surface area contributed by atoms with E-state index < -0.39 is 4.92 Å². The van der Waals surface area contributed by atoms with Crippen LogP contribution in [-0.4, -0.2) is 14.9 Å². The zero-order valence-corrected chi connectivity index (χ0v) is 6.47. The van der Waals surface area contributed by atoms with Crippen molar-refractivity contribution in [2.24, 2.45) is 5.73 Å². The first kappa shape index (κ1) is 8.54. The van der Waals surface area contributed by atoms with Crippen molar-refractivity contribution in [3.63, 3.8) is 0 Å². The van der Waals surface area contributed by atoms with Crippen molar-refractivity contribution in [3.8, 4) is 0 Å². The molecule has 6 nitrogen and oxygen atoms in total. The average molecular weight is 168 g/mol. The van der Waals surface area contributed by atoms with Gasteiger partial charge in [0.15, 0.2) is 0 Å². The van der Waals surface area contributed by atoms with Crippen molar-refractivity contribution >= 4 is 5.69 Å². The lowest BCUT2D eigenvalue weighted by molar-refractivity contribution is -0.385. The molecule has 1 heterocycles. The molecule has 6 heteroatoms. The fourth-order valence-corrected chi connectivity index (χ4v) is 0.661. The lowest BCUT2D eigenvalue weighted by atomic mass is 10.3. The summed E-state index contributed by atoms with van der Waals surface area (Å²) in [6.45, 7) is 1.71. The normalized spacial score (nSPS) is 12.5. The van der Waals surface area contributed by atoms with E-state index in [1.165, 1.54) is 0 Å². The van der Waals surface area contributed by atoms with Crippen molar-refractivity contribution in [2.75, 3.05) is 0 Å². The molecule has 0 amide bonds. The third-order valence-electron chi connectivity index (χ3n) is 1.28. The summed E-state index contributed by atoms with van der Waals surface area (Å²) >= 11 is 0. The molecule has 0 saturated carbocycles. The van der Waals surface area contributed by atoms with E-state index in [1.54, 1.807) is 6.92 Å². The van der Waals surface area contributed by atoms with E-state index in [2.05, 4.69) is 9.97 Å². The van der Waals surface area contributed by atoms with Gasteiger partial charge in [0.2, 0.25) is 0 Å². The number of aromatic nitrogens is 2. The topological polar surface area (TPSA) is 94.9 Å². The average Bonchev–Trinajstić information content (AvgIpc) is 2.04. The van der Waals surface area contributed by atoms with Crippen LogP contribution in [0.25, 0.3) is 0 Å². The van der Waals surface area contributed by atoms with Gasteiger partial charge < -0.3 is 5.73 Å². The predicted octanol–water partition coefficient (Wildman–Crippen LogP) is 0.405. The van der Waals surface area contributed by atoms with E-state index in [4.69, 9.17) is 5.73 Å². The van der Waals surface area contributed by atoms with Crippen molar-refractivity contribution in [1.29, 1.82) is 0 Å². The SMILES string of the molecule is CC(N)c1ncc([N+](=O)[O-])cn1. The summed E-state index contributed by atoms with van der Waals surface area (Å²) in [5.74, 6) is 0.403. The molecule has 0 fully saturated rings. The Bertz CT molecular complexity index is 282. The van der Waals surface area contributed by atoms with E-state index in [9.17, 15) is 10.1 Å². The van der Waals surface area contributed by atoms with Crippen LogP contribution >= 0.6 is 0 Å². The smallest absolute Gasteiger partial charge is 0.305 e. The van der Waals surface area contributed by atoms with Crippen LogP contribution in [0.2, 0.25) is 0 Å². The van der Waals surface area contributed by atoms with Crippen LogP contribution in [0, 0.1) is 10.1 Å². The third kappa shape index (κ3) is 1.73. The van der Waals surface area contributed by atoms with Gasteiger partial charge in [0.1, 0.15) is 18.2 Å². The van der Waals surface area contributed by atoms with E-state index in [0.29, 0.717) is 5.82 Å². The molecular weight excluding hydrogens is 160 g/mol. The van der Waals surface area contributed by atoms with Crippen molar-refractivity contribution in [3.05, 3.63) is 28.3 Å². The van der Waals surface area contributed by atoms with E-state index >= 15 is 0 Å². The lowest BCUT2D eigenvalue weighted by Crippen LogP contribution is -2.09. The summed E-state index contributed by atoms with van der Waals surface area (Å²) in [4.78, 5) is 17.1. The molecule has 0 saturated heterocycles. The Balaban J connectivity index is 2.93. The van der Waals surface area contributed by atoms with Crippen LogP contribution in [0.4, 0.5) is 5.69 Å². The highest BCUT2D eigenvalue weighted by Gasteiger charge is 2.08. The van der Waals surface area contributed by atoms with Gasteiger partial charge >= 0.3 is 5.69 Å². The van der Waals surface area contributed by atoms with Crippen molar-refractivity contribution in [2.45, 2.75) is 13.0 Å². The highest BCUT2D eigenvalue weighted by Crippen LogP contribution is 2.08. The highest BCUT2D eigenvalue weighted by molar-refractivity contribution is 5.21. The summed E-state index contributed by atoms with van der Waals surface area (Å²) in [5.41, 5.74) is 5.32. The second-order valence-corrected chi connectivity index (χ2v) is 2.35. The summed E-state index contributed by atoms with van der Waals surface area (Å²) < 4.78 is 0. The van der Waals surface area contributed by atoms with Gasteiger partial charge in [-0.3, -0.25) is 10.1 Å². The number of hydrogen-bond donors (Lipinski definition) is 1. The quantitative estimate of drug-likeness (QED) is 0.509. The molecule has 0 radical (unpaired) electrons. The molecule has 2 N–H and O–H groups in total. The number of nitrogens with two attached hydrogens (primary N) is 1. The minimum absolute atomic E-state index is 0.126. The second kappa shape index (κ2) is 3.22. The summed E-state index contributed by atoms with van der Waals surface area (Å²) in [6, 6.07) is -0.300. The summed E-state index contributed by atoms with van der Waals surface area (Å²) in [7, 11) is 0. The van der Waals surface area contributed by atoms with Gasteiger partial charge in [-0.2, -0.15) is 0 Å². The molecule has 0 aliphatic carbocycles. The lowest BCUT2D eigenvalue weighted by Gasteiger charge is -2.00. The second-order valence-electron chi connectivity index (χ2n) is 2.35. The first-order chi connectivity index (χ1) is 5.61. The van der Waals surface area contributed by atoms with E-state index in [1.807, 2.05) is 0 Å². The maximum atomic E-state index is 10.2. The molecule has 0 aliphatic heterocycles. The van der Waals surface area contributed by atoms with Gasteiger partial charge in [0.05, 0.1) is 11.0 Å². The molecule has 1 aromatic heterocycles. The number of rotatable bonds is 2. The Labute approximate surface area is 68.6 Å². The van der Waals surface area contributed by atoms with Gasteiger partial charge in [-0.15, -0.1) is 0 Å². The molecule has 0 aliphatic rings. The molecule has 0 aromatic carbocycles. The zero-order chi connectivity index (χ0) is 9.14. The summed E-state index contributed by atoms with van der Waals surface area (Å²) in [6.07, 6.45) is 2.29. The van der Waals surface area contributed by atoms with Crippen molar-refractivity contribution < 1.29 is 4.92 Å². The van der Waals surface area contributed by atoms with Crippen LogP contribution in [0.3, 0.4) is 0 Å². The molecule has 1 atom stereocenters. The first-order valence-corrected chi connectivity index (χ1v) is 3.33. The van der Waals surface area contributed by atoms with E-state index in [0.717, 1.165) is 12.4 Å². The maximum Gasteiger partial charge on any atom is 0.305 e. The monoisotopic (exact) mass is 168 g/mol. The fourth-order valence-electron chi connectivity index (χ4n) is 0.661. The van der Waals surface area contributed by atoms with Crippen LogP contribution in [0.1, 0.15) is 18.8 Å². The van der Waals surface area contributed by atoms with Gasteiger partial charge in [-0.05, 0) is 6.92 Å². The minimum atomic E-state index is -0.551. The number of nitro groups is 1. The molecule has 64 valence electrons. The Kier molecular flexibility index (Phi) is 2.29. The van der Waals surface area contributed by atoms with E-state index in [-0.39, 0.29) is 11.7 Å². The van der Waals surface area contributed by atoms with Gasteiger partial charge in [-0.1, -0.05) is 0 Å². The van der Waals surface area contributed by atoms with Crippen LogP contribution < -0.4 is 5.73 Å². The van der Waals surface area contributed by atoms with Crippen LogP contribution in [0.5, 0.6) is 0 Å². The Hall–Kier alpha value is -1.56. The van der Waals surface area contributed by atoms with Gasteiger partial charge in [-0.25, -0.2) is 9.97 Å². The van der Waals surface area contributed by atoms with Gasteiger partial charge in [0.25, 0.3) is 0 Å². The molecule has 1 rings (SSSR count). The van der Waals surface area contributed by atoms with Crippen LogP contribution in [0.15, 0.2) is 12.4 Å². The Morgan fingerprint density at radius 3 is 2.42 bits per heavy atom. The molecule has 0 bridgehead atoms. The third-order valence-corrected chi connectivity index (χ3v) is 1.28. The predicted molar refractivity (Wildman–Crippen MR) is 41.3 cm³/mol. The summed E-state index contributed by atoms with van der Waals surface area (Å²) in [5, 5.41) is 10.2. The highest BCUT2D eigenvalue weighted by atomic mass is 16.6. The Morgan fingerprint density at radius 2 is 2.08 bits per heavy atom. The molecule has 0 spiro atoms. The Morgan fingerprint density at radius 1 is 1.58 bits per heavy atom. The van der Waals surface area contributed by atoms with Gasteiger partial charge in [0, 0.05) is 0 Å². The molecular formula is C6H8N4O2. The largest absolute Gasteiger partial charge is 0.322 e. The minimum Gasteiger partial charge on any atom is -0.322 e. The molecule has 1 aromatic rings. The fraction of sp³-hybridized carbons (Fsp3) is 0.333. The molecule has 1 unspecified atom stereocenters.